The van der Waals surface area contributed by atoms with E-state index in [1.807, 2.05) is 26.2 Å². The van der Waals surface area contributed by atoms with Gasteiger partial charge in [0.2, 0.25) is 5.91 Å². The number of nitrogens with one attached hydrogen (secondary N) is 1. The Morgan fingerprint density at radius 3 is 2.04 bits per heavy atom. The van der Waals surface area contributed by atoms with Crippen molar-refractivity contribution in [1.82, 2.24) is 14.5 Å². The van der Waals surface area contributed by atoms with E-state index in [9.17, 15) is 24.3 Å². The fraction of sp³-hybridized carbons (Fsp3) is 0.786. The van der Waals surface area contributed by atoms with E-state index in [0.717, 1.165) is 4.90 Å². The van der Waals surface area contributed by atoms with Crippen molar-refractivity contribution in [3.05, 3.63) is 43.5 Å². The van der Waals surface area contributed by atoms with Crippen LogP contribution in [0, 0.1) is 0 Å². The second-order valence-corrected chi connectivity index (χ2v) is 24.2. The zero-order valence-electron chi connectivity index (χ0n) is 28.1. The predicted octanol–water partition coefficient (Wildman–Crippen LogP) is 3.94. The molecule has 1 aromatic heterocycles. The number of carbonyl (C=O) groups is 2. The molecule has 2 N–H and O–H groups in total. The van der Waals surface area contributed by atoms with E-state index in [-0.39, 0.29) is 23.0 Å². The summed E-state index contributed by atoms with van der Waals surface area (Å²) in [6.07, 6.45) is -5.00. The molecule has 2 aliphatic heterocycles. The predicted molar refractivity (Wildman–Crippen MR) is 171 cm³/mol. The zero-order chi connectivity index (χ0) is 34.3. The molecule has 2 fully saturated rings. The van der Waals surface area contributed by atoms with E-state index >= 15 is 0 Å². The van der Waals surface area contributed by atoms with Gasteiger partial charge in [0.05, 0.1) is 0 Å². The number of aromatic amines is 1. The summed E-state index contributed by atoms with van der Waals surface area (Å²) in [5.41, 5.74) is 7.47. The number of nitrogens with zero attached hydrogens (tertiary/aromatic N) is 5. The fourth-order valence-corrected chi connectivity index (χ4v) is 7.66. The smallest absolute Gasteiger partial charge is 0.330 e. The van der Waals surface area contributed by atoms with Crippen LogP contribution < -0.4 is 11.2 Å². The highest BCUT2D eigenvalue weighted by Gasteiger charge is 2.61. The molecular formula is C28H48N6O9Si2. The largest absolute Gasteiger partial charge is 0.480 e. The van der Waals surface area contributed by atoms with E-state index in [1.165, 1.54) is 23.8 Å². The third-order valence-electron chi connectivity index (χ3n) is 9.54. The molecule has 3 heterocycles. The van der Waals surface area contributed by atoms with Crippen LogP contribution in [-0.2, 0) is 27.9 Å². The topological polar surface area (TPSA) is 198 Å². The number of azide groups is 1. The molecule has 0 aliphatic carbocycles. The molecule has 17 heteroatoms. The Kier molecular flexibility index (Phi) is 10.7. The number of rotatable bonds is 10. The average molecular weight is 669 g/mol. The van der Waals surface area contributed by atoms with Gasteiger partial charge in [0.15, 0.2) is 28.9 Å². The van der Waals surface area contributed by atoms with Crippen molar-refractivity contribution in [3.63, 3.8) is 0 Å². The maximum absolute atomic E-state index is 13.2. The number of H-pyrrole nitrogens is 1. The number of carboxylic acid groups (broad SMARTS) is 1. The summed E-state index contributed by atoms with van der Waals surface area (Å²) in [5.74, 6) is -1.86. The first-order chi connectivity index (χ1) is 20.5. The molecule has 15 nitrogen and oxygen atoms in total. The van der Waals surface area contributed by atoms with Crippen LogP contribution in [0.2, 0.25) is 36.3 Å². The molecule has 2 saturated heterocycles. The number of aromatic nitrogens is 2. The normalized spacial score (nSPS) is 27.8. The molecular weight excluding hydrogens is 621 g/mol. The van der Waals surface area contributed by atoms with Gasteiger partial charge >= 0.3 is 11.7 Å². The number of ether oxygens (including phenoxy) is 2. The molecule has 252 valence electrons. The van der Waals surface area contributed by atoms with E-state index in [0.29, 0.717) is 0 Å². The first-order valence-electron chi connectivity index (χ1n) is 15.0. The molecule has 0 radical (unpaired) electrons. The Morgan fingerprint density at radius 2 is 1.58 bits per heavy atom. The van der Waals surface area contributed by atoms with E-state index in [2.05, 4.69) is 56.6 Å². The van der Waals surface area contributed by atoms with Crippen LogP contribution in [-0.4, -0.2) is 91.3 Å². The van der Waals surface area contributed by atoms with Crippen LogP contribution in [0.3, 0.4) is 0 Å². The van der Waals surface area contributed by atoms with Crippen molar-refractivity contribution >= 4 is 28.5 Å². The lowest BCUT2D eigenvalue weighted by atomic mass is 9.99. The second kappa shape index (κ2) is 13.1. The lowest BCUT2D eigenvalue weighted by Gasteiger charge is -2.44. The molecule has 3 rings (SSSR count). The summed E-state index contributed by atoms with van der Waals surface area (Å²) in [6, 6.07) is -0.283. The number of aliphatic carboxylic acids is 1. The Labute approximate surface area is 265 Å². The molecule has 0 bridgehead atoms. The quantitative estimate of drug-likeness (QED) is 0.160. The Morgan fingerprint density at radius 1 is 1.02 bits per heavy atom. The standard InChI is InChI=1S/C28H48N6O9Si2/c1-16(35)34-18(12-14-30-32-29)40-20(19(34)25(37)38)21-22(42-44(8,9)27(2,3)4)23(43-45(10,11)28(5,6)7)24(41-21)33-15-13-17(36)31-26(33)39/h13,15,18-24H,12,14H2,1-11H3,(H,37,38)(H,31,36,39)/t18-,19+,20+,21-,22-,23-,24-/m1/s1. The molecule has 0 aromatic carbocycles. The highest BCUT2D eigenvalue weighted by atomic mass is 28.4. The van der Waals surface area contributed by atoms with Crippen LogP contribution >= 0.6 is 0 Å². The molecule has 0 saturated carbocycles. The van der Waals surface area contributed by atoms with Crippen LogP contribution in [0.25, 0.3) is 10.4 Å². The van der Waals surface area contributed by atoms with Crippen molar-refractivity contribution in [1.29, 1.82) is 0 Å². The lowest BCUT2D eigenvalue weighted by Crippen LogP contribution is -2.57. The van der Waals surface area contributed by atoms with Gasteiger partial charge in [-0.1, -0.05) is 46.7 Å². The number of carbonyl (C=O) groups excluding carboxylic acids is 1. The maximum Gasteiger partial charge on any atom is 0.330 e. The Hall–Kier alpha value is -2.80. The first-order valence-corrected chi connectivity index (χ1v) is 20.9. The van der Waals surface area contributed by atoms with Gasteiger partial charge in [0, 0.05) is 30.6 Å². The molecule has 1 amide bonds. The molecule has 45 heavy (non-hydrogen) atoms. The van der Waals surface area contributed by atoms with Crippen LogP contribution in [0.15, 0.2) is 27.0 Å². The van der Waals surface area contributed by atoms with Gasteiger partial charge in [-0.3, -0.25) is 19.1 Å². The average Bonchev–Trinajstić information content (AvgIpc) is 3.41. The molecule has 0 spiro atoms. The number of hydrogen-bond acceptors (Lipinski definition) is 9. The SMILES string of the molecule is CC(=O)N1[C@H](C(=O)O)[C@@H]([C@H]2O[C@@H](n3ccc(=O)[nH]c3=O)[C@H](O[Si](C)(C)C(C)(C)C)[C@@H]2O[Si](C)(C)C(C)(C)C)O[C@@H]1CCN=[N+]=[N-]. The summed E-state index contributed by atoms with van der Waals surface area (Å²) in [6.45, 7) is 21.8. The van der Waals surface area contributed by atoms with E-state index < -0.39 is 82.7 Å². The van der Waals surface area contributed by atoms with Gasteiger partial charge in [-0.05, 0) is 48.2 Å². The lowest BCUT2D eigenvalue weighted by molar-refractivity contribution is -0.151. The minimum Gasteiger partial charge on any atom is -0.480 e. The fourth-order valence-electron chi connectivity index (χ4n) is 5.07. The van der Waals surface area contributed by atoms with Crippen molar-refractivity contribution in [2.45, 2.75) is 134 Å². The van der Waals surface area contributed by atoms with Crippen molar-refractivity contribution in [2.75, 3.05) is 6.54 Å². The third-order valence-corrected chi connectivity index (χ3v) is 18.5. The van der Waals surface area contributed by atoms with Gasteiger partial charge in [-0.2, -0.15) is 0 Å². The summed E-state index contributed by atoms with van der Waals surface area (Å²) >= 11 is 0. The number of carboxylic acids is 1. The van der Waals surface area contributed by atoms with Gasteiger partial charge in [-0.15, -0.1) is 0 Å². The summed E-state index contributed by atoms with van der Waals surface area (Å²) < 4.78 is 28.1. The van der Waals surface area contributed by atoms with Gasteiger partial charge in [-0.25, -0.2) is 9.59 Å². The molecule has 7 atom stereocenters. The van der Waals surface area contributed by atoms with Gasteiger partial charge in [0.25, 0.3) is 5.56 Å². The van der Waals surface area contributed by atoms with E-state index in [4.69, 9.17) is 23.9 Å². The highest BCUT2D eigenvalue weighted by Crippen LogP contribution is 2.47. The Balaban J connectivity index is 2.27. The van der Waals surface area contributed by atoms with Gasteiger partial charge < -0.3 is 28.3 Å². The van der Waals surface area contributed by atoms with Crippen molar-refractivity contribution in [3.8, 4) is 0 Å². The zero-order valence-corrected chi connectivity index (χ0v) is 30.1. The summed E-state index contributed by atoms with van der Waals surface area (Å²) in [5, 5.41) is 13.4. The molecule has 0 unspecified atom stereocenters. The first kappa shape index (κ1) is 36.7. The minimum atomic E-state index is -2.64. The summed E-state index contributed by atoms with van der Waals surface area (Å²) in [4.78, 5) is 57.0. The molecule has 2 aliphatic rings. The van der Waals surface area contributed by atoms with Gasteiger partial charge in [0.1, 0.15) is 30.6 Å². The third kappa shape index (κ3) is 7.61. The van der Waals surface area contributed by atoms with Crippen molar-refractivity contribution < 1.29 is 33.0 Å². The monoisotopic (exact) mass is 668 g/mol. The highest BCUT2D eigenvalue weighted by molar-refractivity contribution is 6.74. The van der Waals surface area contributed by atoms with E-state index in [1.54, 1.807) is 0 Å². The van der Waals surface area contributed by atoms with Crippen LogP contribution in [0.5, 0.6) is 0 Å². The van der Waals surface area contributed by atoms with Crippen LogP contribution in [0.1, 0.15) is 61.1 Å². The minimum absolute atomic E-state index is 0.0358. The Bertz CT molecular complexity index is 1430. The molecule has 1 aromatic rings. The van der Waals surface area contributed by atoms with Crippen LogP contribution in [0.4, 0.5) is 0 Å². The second-order valence-electron chi connectivity index (χ2n) is 14.7. The number of hydrogen-bond donors (Lipinski definition) is 2. The summed E-state index contributed by atoms with van der Waals surface area (Å²) in [7, 11) is -5.25. The number of amides is 1. The maximum atomic E-state index is 13.2. The van der Waals surface area contributed by atoms with Crippen molar-refractivity contribution in [2.24, 2.45) is 5.11 Å².